The minimum atomic E-state index is -0.513. The Morgan fingerprint density at radius 1 is 1.03 bits per heavy atom. The van der Waals surface area contributed by atoms with Gasteiger partial charge in [0.25, 0.3) is 11.6 Å². The number of carbonyl (C=O) groups excluding carboxylic acids is 3. The van der Waals surface area contributed by atoms with Crippen molar-refractivity contribution in [2.45, 2.75) is 6.92 Å². The van der Waals surface area contributed by atoms with Crippen molar-refractivity contribution >= 4 is 40.6 Å². The highest BCUT2D eigenvalue weighted by atomic mass is 16.6. The predicted octanol–water partition coefficient (Wildman–Crippen LogP) is 2.82. The van der Waals surface area contributed by atoms with Crippen molar-refractivity contribution in [3.8, 4) is 0 Å². The van der Waals surface area contributed by atoms with Gasteiger partial charge in [-0.3, -0.25) is 19.7 Å². The Bertz CT molecular complexity index is 1090. The van der Waals surface area contributed by atoms with Crippen molar-refractivity contribution < 1.29 is 19.3 Å². The molecule has 0 spiro atoms. The number of nitrogens with zero attached hydrogens (tertiary/aromatic N) is 3. The van der Waals surface area contributed by atoms with Crippen molar-refractivity contribution in [1.82, 2.24) is 10.2 Å². The number of benzene rings is 2. The number of piperazine rings is 1. The minimum absolute atomic E-state index is 0.0269. The van der Waals surface area contributed by atoms with Gasteiger partial charge in [-0.2, -0.15) is 0 Å². The second-order valence-corrected chi connectivity index (χ2v) is 7.61. The third-order valence-corrected chi connectivity index (χ3v) is 5.31. The first-order chi connectivity index (χ1) is 16.3. The number of nitro benzene ring substituents is 1. The molecular weight excluding hydrogens is 440 g/mol. The smallest absolute Gasteiger partial charge is 0.319 e. The van der Waals surface area contributed by atoms with Crippen LogP contribution in [-0.4, -0.2) is 60.4 Å². The van der Waals surface area contributed by atoms with Gasteiger partial charge in [-0.05, 0) is 36.4 Å². The van der Waals surface area contributed by atoms with Crippen LogP contribution in [0.15, 0.2) is 55.1 Å². The maximum atomic E-state index is 12.7. The molecule has 2 aromatic rings. The average Bonchev–Trinajstić information content (AvgIpc) is 2.83. The van der Waals surface area contributed by atoms with Gasteiger partial charge in [0.05, 0.1) is 4.92 Å². The van der Waals surface area contributed by atoms with Crippen molar-refractivity contribution in [3.05, 3.63) is 70.8 Å². The maximum Gasteiger partial charge on any atom is 0.319 e. The molecule has 11 heteroatoms. The SMILES string of the molecule is C=CCNC(=O)Nc1ccc(NC(=O)c2ccc(N3CCN(C(C)=O)CC3)c([N+](=O)[O-])c2)cc1. The third kappa shape index (κ3) is 6.09. The molecular formula is C23H26N6O5. The highest BCUT2D eigenvalue weighted by Gasteiger charge is 2.26. The van der Waals surface area contributed by atoms with Gasteiger partial charge < -0.3 is 25.8 Å². The number of amides is 4. The third-order valence-electron chi connectivity index (χ3n) is 5.31. The molecule has 3 N–H and O–H groups in total. The van der Waals surface area contributed by atoms with Gasteiger partial charge in [0.15, 0.2) is 0 Å². The molecule has 2 aromatic carbocycles. The second-order valence-electron chi connectivity index (χ2n) is 7.61. The molecule has 0 saturated carbocycles. The van der Waals surface area contributed by atoms with E-state index in [0.29, 0.717) is 49.8 Å². The Morgan fingerprint density at radius 2 is 1.65 bits per heavy atom. The van der Waals surface area contributed by atoms with E-state index >= 15 is 0 Å². The molecule has 178 valence electrons. The summed E-state index contributed by atoms with van der Waals surface area (Å²) in [5.74, 6) is -0.526. The lowest BCUT2D eigenvalue weighted by molar-refractivity contribution is -0.384. The van der Waals surface area contributed by atoms with E-state index in [9.17, 15) is 24.5 Å². The van der Waals surface area contributed by atoms with Crippen LogP contribution in [0.4, 0.5) is 27.5 Å². The second kappa shape index (κ2) is 10.9. The van der Waals surface area contributed by atoms with E-state index in [-0.39, 0.29) is 23.2 Å². The van der Waals surface area contributed by atoms with E-state index in [4.69, 9.17) is 0 Å². The van der Waals surface area contributed by atoms with Crippen LogP contribution in [0.1, 0.15) is 17.3 Å². The summed E-state index contributed by atoms with van der Waals surface area (Å²) in [5.41, 5.74) is 1.38. The topological polar surface area (TPSA) is 137 Å². The summed E-state index contributed by atoms with van der Waals surface area (Å²) in [6.07, 6.45) is 1.56. The van der Waals surface area contributed by atoms with E-state index in [2.05, 4.69) is 22.5 Å². The van der Waals surface area contributed by atoms with Gasteiger partial charge >= 0.3 is 6.03 Å². The summed E-state index contributed by atoms with van der Waals surface area (Å²) in [7, 11) is 0. The number of nitro groups is 1. The molecule has 0 atom stereocenters. The Kier molecular flexibility index (Phi) is 7.80. The molecule has 3 rings (SSSR count). The summed E-state index contributed by atoms with van der Waals surface area (Å²) in [6, 6.07) is 10.4. The van der Waals surface area contributed by atoms with Crippen LogP contribution in [0.5, 0.6) is 0 Å². The number of carbonyl (C=O) groups is 3. The predicted molar refractivity (Wildman–Crippen MR) is 129 cm³/mol. The monoisotopic (exact) mass is 466 g/mol. The Morgan fingerprint density at radius 3 is 2.21 bits per heavy atom. The molecule has 1 saturated heterocycles. The zero-order chi connectivity index (χ0) is 24.7. The van der Waals surface area contributed by atoms with Crippen LogP contribution in [0, 0.1) is 10.1 Å². The molecule has 0 unspecified atom stereocenters. The summed E-state index contributed by atoms with van der Waals surface area (Å²) in [6.45, 7) is 7.25. The molecule has 0 radical (unpaired) electrons. The first-order valence-corrected chi connectivity index (χ1v) is 10.6. The van der Waals surface area contributed by atoms with Crippen molar-refractivity contribution in [3.63, 3.8) is 0 Å². The van der Waals surface area contributed by atoms with Crippen molar-refractivity contribution in [2.75, 3.05) is 48.3 Å². The van der Waals surface area contributed by atoms with Crippen LogP contribution in [-0.2, 0) is 4.79 Å². The Hall–Kier alpha value is -4.41. The van der Waals surface area contributed by atoms with E-state index < -0.39 is 10.8 Å². The first-order valence-electron chi connectivity index (χ1n) is 10.6. The van der Waals surface area contributed by atoms with Gasteiger partial charge in [0.1, 0.15) is 5.69 Å². The quantitative estimate of drug-likeness (QED) is 0.326. The highest BCUT2D eigenvalue weighted by molar-refractivity contribution is 6.05. The van der Waals surface area contributed by atoms with Crippen molar-refractivity contribution in [1.29, 1.82) is 0 Å². The van der Waals surface area contributed by atoms with Crippen LogP contribution < -0.4 is 20.9 Å². The van der Waals surface area contributed by atoms with Crippen LogP contribution in [0.3, 0.4) is 0 Å². The molecule has 34 heavy (non-hydrogen) atoms. The molecule has 4 amide bonds. The lowest BCUT2D eigenvalue weighted by atomic mass is 10.1. The van der Waals surface area contributed by atoms with Crippen LogP contribution in [0.2, 0.25) is 0 Å². The average molecular weight is 466 g/mol. The van der Waals surface area contributed by atoms with Gasteiger partial charge in [-0.1, -0.05) is 6.08 Å². The molecule has 0 aliphatic carbocycles. The minimum Gasteiger partial charge on any atom is -0.362 e. The Balaban J connectivity index is 1.67. The zero-order valence-corrected chi connectivity index (χ0v) is 18.7. The van der Waals surface area contributed by atoms with Gasteiger partial charge in [-0.25, -0.2) is 4.79 Å². The van der Waals surface area contributed by atoms with E-state index in [1.165, 1.54) is 19.1 Å². The number of hydrogen-bond donors (Lipinski definition) is 3. The largest absolute Gasteiger partial charge is 0.362 e. The van der Waals surface area contributed by atoms with Crippen molar-refractivity contribution in [2.24, 2.45) is 0 Å². The molecule has 0 aromatic heterocycles. The van der Waals surface area contributed by atoms with E-state index in [0.717, 1.165) is 0 Å². The lowest BCUT2D eigenvalue weighted by Crippen LogP contribution is -2.48. The molecule has 0 bridgehead atoms. The maximum absolute atomic E-state index is 12.7. The fourth-order valence-electron chi connectivity index (χ4n) is 3.52. The van der Waals surface area contributed by atoms with Crippen LogP contribution in [0.25, 0.3) is 0 Å². The zero-order valence-electron chi connectivity index (χ0n) is 18.7. The van der Waals surface area contributed by atoms with Gasteiger partial charge in [-0.15, -0.1) is 6.58 Å². The number of rotatable bonds is 7. The standard InChI is InChI=1S/C23H26N6O5/c1-3-10-24-23(32)26-19-7-5-18(6-8-19)25-22(31)17-4-9-20(21(15-17)29(33)34)28-13-11-27(12-14-28)16(2)30/h3-9,15H,1,10-14H2,2H3,(H,25,31)(H2,24,26,32). The fraction of sp³-hybridized carbons (Fsp3) is 0.261. The normalized spacial score (nSPS) is 13.1. The Labute approximate surface area is 196 Å². The number of nitrogens with one attached hydrogen (secondary N) is 3. The molecule has 1 aliphatic heterocycles. The fourth-order valence-corrected chi connectivity index (χ4v) is 3.52. The van der Waals surface area contributed by atoms with E-state index in [1.807, 2.05) is 4.90 Å². The van der Waals surface area contributed by atoms with E-state index in [1.54, 1.807) is 41.3 Å². The molecule has 1 heterocycles. The molecule has 11 nitrogen and oxygen atoms in total. The highest BCUT2D eigenvalue weighted by Crippen LogP contribution is 2.30. The lowest BCUT2D eigenvalue weighted by Gasteiger charge is -2.35. The van der Waals surface area contributed by atoms with Gasteiger partial charge in [0.2, 0.25) is 5.91 Å². The summed E-state index contributed by atoms with van der Waals surface area (Å²) in [4.78, 5) is 50.6. The summed E-state index contributed by atoms with van der Waals surface area (Å²) < 4.78 is 0. The molecule has 1 fully saturated rings. The first kappa shape index (κ1) is 24.2. The summed E-state index contributed by atoms with van der Waals surface area (Å²) in [5, 5.41) is 19.6. The molecule has 1 aliphatic rings. The number of urea groups is 1. The summed E-state index contributed by atoms with van der Waals surface area (Å²) >= 11 is 0. The van der Waals surface area contributed by atoms with Gasteiger partial charge in [0, 0.05) is 62.7 Å². The number of anilines is 3. The van der Waals surface area contributed by atoms with Crippen LogP contribution >= 0.6 is 0 Å². The number of hydrogen-bond acceptors (Lipinski definition) is 6.